The van der Waals surface area contributed by atoms with Crippen LogP contribution in [0.25, 0.3) is 20.7 Å². The zero-order valence-corrected chi connectivity index (χ0v) is 19.2. The number of thiophene rings is 1. The number of amides is 1. The zero-order chi connectivity index (χ0) is 22.2. The van der Waals surface area contributed by atoms with Gasteiger partial charge >= 0.3 is 0 Å². The van der Waals surface area contributed by atoms with Gasteiger partial charge < -0.3 is 4.90 Å². The Hall–Kier alpha value is -2.52. The molecule has 1 saturated heterocycles. The van der Waals surface area contributed by atoms with E-state index >= 15 is 0 Å². The van der Waals surface area contributed by atoms with E-state index in [0.717, 1.165) is 10.4 Å². The van der Waals surface area contributed by atoms with E-state index in [-0.39, 0.29) is 41.5 Å². The van der Waals surface area contributed by atoms with Gasteiger partial charge in [0.15, 0.2) is 9.84 Å². The number of hydrogen-bond acceptors (Lipinski definition) is 6. The molecule has 0 saturated carbocycles. The Morgan fingerprint density at radius 1 is 1.29 bits per heavy atom. The Bertz CT molecular complexity index is 1260. The normalized spacial score (nSPS) is 18.0. The van der Waals surface area contributed by atoms with E-state index in [1.165, 1.54) is 22.2 Å². The quantitative estimate of drug-likeness (QED) is 0.566. The Morgan fingerprint density at radius 3 is 2.68 bits per heavy atom. The van der Waals surface area contributed by atoms with Crippen LogP contribution in [0.5, 0.6) is 0 Å². The largest absolute Gasteiger partial charge is 0.337 e. The van der Waals surface area contributed by atoms with Crippen molar-refractivity contribution in [2.24, 2.45) is 5.92 Å². The summed E-state index contributed by atoms with van der Waals surface area (Å²) < 4.78 is 25.2. The van der Waals surface area contributed by atoms with Crippen molar-refractivity contribution in [2.45, 2.75) is 32.9 Å². The number of carbonyl (C=O) groups excluding carboxylic acids is 1. The van der Waals surface area contributed by atoms with Gasteiger partial charge in [-0.05, 0) is 24.0 Å². The molecule has 31 heavy (non-hydrogen) atoms. The summed E-state index contributed by atoms with van der Waals surface area (Å²) in [6, 6.07) is 11.3. The predicted octanol–water partition coefficient (Wildman–Crippen LogP) is 2.80. The third kappa shape index (κ3) is 4.72. The van der Waals surface area contributed by atoms with E-state index in [4.69, 9.17) is 0 Å². The fourth-order valence-corrected chi connectivity index (χ4v) is 6.65. The fourth-order valence-electron chi connectivity index (χ4n) is 3.92. The number of rotatable bonds is 6. The molecule has 1 unspecified atom stereocenters. The molecule has 7 nitrogen and oxygen atoms in total. The highest BCUT2D eigenvalue weighted by Crippen LogP contribution is 2.30. The number of benzene rings is 1. The summed E-state index contributed by atoms with van der Waals surface area (Å²) in [5, 5.41) is 0.484. The average Bonchev–Trinajstić information content (AvgIpc) is 3.32. The third-order valence-electron chi connectivity index (χ3n) is 5.41. The lowest BCUT2D eigenvalue weighted by Gasteiger charge is -2.30. The van der Waals surface area contributed by atoms with E-state index in [9.17, 15) is 18.0 Å². The zero-order valence-electron chi connectivity index (χ0n) is 17.5. The third-order valence-corrected chi connectivity index (χ3v) is 8.26. The van der Waals surface area contributed by atoms with Crippen LogP contribution in [0.1, 0.15) is 20.3 Å². The lowest BCUT2D eigenvalue weighted by Crippen LogP contribution is -2.45. The first-order valence-electron chi connectivity index (χ1n) is 10.3. The minimum atomic E-state index is -3.12. The smallest absolute Gasteiger partial charge is 0.262 e. The van der Waals surface area contributed by atoms with Crippen LogP contribution in [0.4, 0.5) is 0 Å². The van der Waals surface area contributed by atoms with Crippen LogP contribution in [0.15, 0.2) is 47.5 Å². The molecule has 1 atom stereocenters. The molecule has 0 N–H and O–H groups in total. The van der Waals surface area contributed by atoms with Gasteiger partial charge in [-0.3, -0.25) is 14.2 Å². The van der Waals surface area contributed by atoms with Gasteiger partial charge in [0.2, 0.25) is 5.91 Å². The Morgan fingerprint density at radius 2 is 2.03 bits per heavy atom. The van der Waals surface area contributed by atoms with Crippen molar-refractivity contribution in [3.63, 3.8) is 0 Å². The maximum absolute atomic E-state index is 13.1. The summed E-state index contributed by atoms with van der Waals surface area (Å²) in [5.74, 6) is 0.0275. The van der Waals surface area contributed by atoms with Gasteiger partial charge in [-0.1, -0.05) is 44.2 Å². The summed E-state index contributed by atoms with van der Waals surface area (Å²) in [7, 11) is -3.12. The first-order valence-corrected chi connectivity index (χ1v) is 12.9. The SMILES string of the molecule is CC(C)CN(C(=O)Cn1cnc2sc(-c3ccccc3)cc2c1=O)C1CCS(=O)(=O)C1. The molecule has 164 valence electrons. The summed E-state index contributed by atoms with van der Waals surface area (Å²) >= 11 is 1.44. The van der Waals surface area contributed by atoms with Gasteiger partial charge in [0.05, 0.1) is 23.2 Å². The summed E-state index contributed by atoms with van der Waals surface area (Å²) in [6.07, 6.45) is 1.85. The Labute approximate surface area is 185 Å². The van der Waals surface area contributed by atoms with Crippen molar-refractivity contribution in [2.75, 3.05) is 18.1 Å². The van der Waals surface area contributed by atoms with Crippen LogP contribution in [-0.4, -0.2) is 52.9 Å². The monoisotopic (exact) mass is 459 g/mol. The van der Waals surface area contributed by atoms with Crippen molar-refractivity contribution in [1.82, 2.24) is 14.5 Å². The van der Waals surface area contributed by atoms with E-state index in [0.29, 0.717) is 23.2 Å². The maximum Gasteiger partial charge on any atom is 0.262 e. The second kappa shape index (κ2) is 8.55. The number of fused-ring (bicyclic) bond motifs is 1. The molecule has 0 spiro atoms. The number of hydrogen-bond donors (Lipinski definition) is 0. The first kappa shape index (κ1) is 21.7. The Balaban J connectivity index is 1.61. The number of aromatic nitrogens is 2. The molecule has 1 amide bonds. The Kier molecular flexibility index (Phi) is 5.98. The number of carbonyl (C=O) groups is 1. The second-order valence-corrected chi connectivity index (χ2v) is 11.6. The minimum Gasteiger partial charge on any atom is -0.337 e. The van der Waals surface area contributed by atoms with Crippen molar-refractivity contribution in [1.29, 1.82) is 0 Å². The highest BCUT2D eigenvalue weighted by atomic mass is 32.2. The fraction of sp³-hybridized carbons (Fsp3) is 0.409. The minimum absolute atomic E-state index is 0.0113. The highest BCUT2D eigenvalue weighted by molar-refractivity contribution is 7.91. The van der Waals surface area contributed by atoms with Crippen LogP contribution >= 0.6 is 11.3 Å². The molecule has 0 radical (unpaired) electrons. The molecule has 4 rings (SSSR count). The topological polar surface area (TPSA) is 89.3 Å². The number of sulfone groups is 1. The lowest BCUT2D eigenvalue weighted by atomic mass is 10.1. The molecular weight excluding hydrogens is 434 g/mol. The molecule has 1 aliphatic heterocycles. The molecule has 3 heterocycles. The van der Waals surface area contributed by atoms with Crippen molar-refractivity contribution in [3.05, 3.63) is 53.1 Å². The first-order chi connectivity index (χ1) is 14.7. The van der Waals surface area contributed by atoms with Gasteiger partial charge in [-0.25, -0.2) is 13.4 Å². The average molecular weight is 460 g/mol. The standard InChI is InChI=1S/C22H25N3O4S2/c1-15(2)11-25(17-8-9-31(28,29)13-17)20(26)12-24-14-23-21-18(22(24)27)10-19(30-21)16-6-4-3-5-7-16/h3-7,10,14-15,17H,8-9,11-13H2,1-2H3. The van der Waals surface area contributed by atoms with E-state index in [2.05, 4.69) is 4.98 Å². The van der Waals surface area contributed by atoms with Crippen molar-refractivity contribution >= 4 is 37.3 Å². The van der Waals surface area contributed by atoms with Gasteiger partial charge in [0.25, 0.3) is 5.56 Å². The molecule has 1 fully saturated rings. The lowest BCUT2D eigenvalue weighted by molar-refractivity contribution is -0.134. The van der Waals surface area contributed by atoms with Gasteiger partial charge in [-0.15, -0.1) is 11.3 Å². The second-order valence-electron chi connectivity index (χ2n) is 8.37. The molecular formula is C22H25N3O4S2. The van der Waals surface area contributed by atoms with Crippen LogP contribution in [-0.2, 0) is 21.2 Å². The number of nitrogens with zero attached hydrogens (tertiary/aromatic N) is 3. The van der Waals surface area contributed by atoms with Crippen LogP contribution < -0.4 is 5.56 Å². The molecule has 9 heteroatoms. The van der Waals surface area contributed by atoms with E-state index in [1.807, 2.05) is 50.2 Å². The van der Waals surface area contributed by atoms with Crippen LogP contribution in [0.2, 0.25) is 0 Å². The van der Waals surface area contributed by atoms with Gasteiger partial charge in [0, 0.05) is 17.5 Å². The van der Waals surface area contributed by atoms with Gasteiger partial charge in [0.1, 0.15) is 11.4 Å². The van der Waals surface area contributed by atoms with E-state index in [1.54, 1.807) is 4.90 Å². The maximum atomic E-state index is 13.1. The highest BCUT2D eigenvalue weighted by Gasteiger charge is 2.35. The van der Waals surface area contributed by atoms with Crippen molar-refractivity contribution < 1.29 is 13.2 Å². The van der Waals surface area contributed by atoms with Crippen LogP contribution in [0.3, 0.4) is 0 Å². The van der Waals surface area contributed by atoms with E-state index < -0.39 is 9.84 Å². The molecule has 1 aromatic carbocycles. The predicted molar refractivity (Wildman–Crippen MR) is 123 cm³/mol. The van der Waals surface area contributed by atoms with Crippen LogP contribution in [0, 0.1) is 5.92 Å². The summed E-state index contributed by atoms with van der Waals surface area (Å²) in [6.45, 7) is 4.28. The molecule has 1 aliphatic rings. The summed E-state index contributed by atoms with van der Waals surface area (Å²) in [5.41, 5.74) is 0.749. The van der Waals surface area contributed by atoms with Gasteiger partial charge in [-0.2, -0.15) is 0 Å². The molecule has 2 aromatic heterocycles. The molecule has 0 aliphatic carbocycles. The molecule has 3 aromatic rings. The van der Waals surface area contributed by atoms with Crippen molar-refractivity contribution in [3.8, 4) is 10.4 Å². The summed E-state index contributed by atoms with van der Waals surface area (Å²) in [4.78, 5) is 33.8. The molecule has 0 bridgehead atoms.